The van der Waals surface area contributed by atoms with Gasteiger partial charge in [0.05, 0.1) is 13.2 Å². The molecule has 0 spiro atoms. The SMILES string of the molecule is CCOc1cccc(C(=O)NC(C)CO)c1. The quantitative estimate of drug-likeness (QED) is 0.788. The second-order valence-corrected chi connectivity index (χ2v) is 3.52. The Hall–Kier alpha value is -1.55. The van der Waals surface area contributed by atoms with Gasteiger partial charge < -0.3 is 15.2 Å². The standard InChI is InChI=1S/C12H17NO3/c1-3-16-11-6-4-5-10(7-11)12(15)13-9(2)8-14/h4-7,9,14H,3,8H2,1-2H3,(H,13,15). The third kappa shape index (κ3) is 3.55. The Bertz CT molecular complexity index is 352. The summed E-state index contributed by atoms with van der Waals surface area (Å²) in [7, 11) is 0. The van der Waals surface area contributed by atoms with E-state index in [9.17, 15) is 4.79 Å². The van der Waals surface area contributed by atoms with E-state index in [0.29, 0.717) is 17.9 Å². The lowest BCUT2D eigenvalue weighted by Gasteiger charge is -2.11. The maximum atomic E-state index is 11.7. The second-order valence-electron chi connectivity index (χ2n) is 3.52. The van der Waals surface area contributed by atoms with Gasteiger partial charge in [0.1, 0.15) is 5.75 Å². The normalized spacial score (nSPS) is 11.9. The molecule has 1 rings (SSSR count). The first-order chi connectivity index (χ1) is 7.67. The molecule has 4 heteroatoms. The van der Waals surface area contributed by atoms with E-state index in [0.717, 1.165) is 0 Å². The van der Waals surface area contributed by atoms with Gasteiger partial charge in [-0.2, -0.15) is 0 Å². The summed E-state index contributed by atoms with van der Waals surface area (Å²) in [6, 6.07) is 6.72. The summed E-state index contributed by atoms with van der Waals surface area (Å²) in [4.78, 5) is 11.7. The maximum Gasteiger partial charge on any atom is 0.251 e. The van der Waals surface area contributed by atoms with Crippen LogP contribution in [0.5, 0.6) is 5.75 Å². The highest BCUT2D eigenvalue weighted by atomic mass is 16.5. The Kier molecular flexibility index (Phi) is 4.79. The van der Waals surface area contributed by atoms with Crippen molar-refractivity contribution in [3.63, 3.8) is 0 Å². The largest absolute Gasteiger partial charge is 0.494 e. The van der Waals surface area contributed by atoms with Crippen molar-refractivity contribution < 1.29 is 14.6 Å². The summed E-state index contributed by atoms with van der Waals surface area (Å²) < 4.78 is 5.30. The summed E-state index contributed by atoms with van der Waals surface area (Å²) >= 11 is 0. The van der Waals surface area contributed by atoms with Crippen LogP contribution in [0.25, 0.3) is 0 Å². The number of rotatable bonds is 5. The van der Waals surface area contributed by atoms with Crippen molar-refractivity contribution in [2.24, 2.45) is 0 Å². The predicted molar refractivity (Wildman–Crippen MR) is 61.6 cm³/mol. The van der Waals surface area contributed by atoms with Gasteiger partial charge in [-0.1, -0.05) is 6.07 Å². The first-order valence-corrected chi connectivity index (χ1v) is 5.32. The molecule has 1 unspecified atom stereocenters. The number of hydrogen-bond acceptors (Lipinski definition) is 3. The van der Waals surface area contributed by atoms with Crippen LogP contribution in [-0.4, -0.2) is 30.3 Å². The van der Waals surface area contributed by atoms with Crippen LogP contribution in [0.4, 0.5) is 0 Å². The van der Waals surface area contributed by atoms with E-state index in [-0.39, 0.29) is 18.6 Å². The highest BCUT2D eigenvalue weighted by Crippen LogP contribution is 2.13. The van der Waals surface area contributed by atoms with Crippen molar-refractivity contribution in [1.29, 1.82) is 0 Å². The molecule has 1 amide bonds. The number of hydrogen-bond donors (Lipinski definition) is 2. The molecule has 0 saturated carbocycles. The Labute approximate surface area is 95.2 Å². The zero-order valence-corrected chi connectivity index (χ0v) is 9.56. The fourth-order valence-corrected chi connectivity index (χ4v) is 1.25. The average Bonchev–Trinajstić information content (AvgIpc) is 2.29. The second kappa shape index (κ2) is 6.12. The molecule has 0 radical (unpaired) electrons. The molecule has 0 fully saturated rings. The van der Waals surface area contributed by atoms with Crippen LogP contribution in [0, 0.1) is 0 Å². The third-order valence-corrected chi connectivity index (χ3v) is 2.06. The molecule has 1 aromatic rings. The number of benzene rings is 1. The Morgan fingerprint density at radius 3 is 2.94 bits per heavy atom. The predicted octanol–water partition coefficient (Wildman–Crippen LogP) is 1.20. The van der Waals surface area contributed by atoms with E-state index < -0.39 is 0 Å². The summed E-state index contributed by atoms with van der Waals surface area (Å²) in [5, 5.41) is 11.5. The van der Waals surface area contributed by atoms with Crippen molar-refractivity contribution in [3.05, 3.63) is 29.8 Å². The van der Waals surface area contributed by atoms with Gasteiger partial charge >= 0.3 is 0 Å². The number of nitrogens with one attached hydrogen (secondary N) is 1. The van der Waals surface area contributed by atoms with Crippen LogP contribution < -0.4 is 10.1 Å². The zero-order valence-electron chi connectivity index (χ0n) is 9.56. The summed E-state index contributed by atoms with van der Waals surface area (Å²) in [6.45, 7) is 4.12. The Morgan fingerprint density at radius 1 is 1.56 bits per heavy atom. The average molecular weight is 223 g/mol. The minimum atomic E-state index is -0.247. The Morgan fingerprint density at radius 2 is 2.31 bits per heavy atom. The summed E-state index contributed by atoms with van der Waals surface area (Å²) in [6.07, 6.45) is 0. The fourth-order valence-electron chi connectivity index (χ4n) is 1.25. The monoisotopic (exact) mass is 223 g/mol. The topological polar surface area (TPSA) is 58.6 Å². The van der Waals surface area contributed by atoms with E-state index in [1.54, 1.807) is 31.2 Å². The molecule has 0 aliphatic carbocycles. The number of ether oxygens (including phenoxy) is 1. The van der Waals surface area contributed by atoms with E-state index >= 15 is 0 Å². The lowest BCUT2D eigenvalue weighted by molar-refractivity contribution is 0.0922. The highest BCUT2D eigenvalue weighted by Gasteiger charge is 2.09. The number of aliphatic hydroxyl groups is 1. The molecule has 0 aromatic heterocycles. The van der Waals surface area contributed by atoms with Crippen LogP contribution in [0.1, 0.15) is 24.2 Å². The van der Waals surface area contributed by atoms with E-state index in [1.807, 2.05) is 6.92 Å². The van der Waals surface area contributed by atoms with Gasteiger partial charge in [-0.05, 0) is 32.0 Å². The van der Waals surface area contributed by atoms with Gasteiger partial charge in [-0.3, -0.25) is 4.79 Å². The summed E-state index contributed by atoms with van der Waals surface area (Å²) in [5.41, 5.74) is 0.534. The molecule has 0 aliphatic rings. The van der Waals surface area contributed by atoms with Crippen molar-refractivity contribution in [1.82, 2.24) is 5.32 Å². The van der Waals surface area contributed by atoms with Gasteiger partial charge in [0.2, 0.25) is 0 Å². The van der Waals surface area contributed by atoms with Gasteiger partial charge in [0, 0.05) is 11.6 Å². The van der Waals surface area contributed by atoms with E-state index in [2.05, 4.69) is 5.32 Å². The van der Waals surface area contributed by atoms with Crippen molar-refractivity contribution >= 4 is 5.91 Å². The maximum absolute atomic E-state index is 11.7. The number of aliphatic hydroxyl groups excluding tert-OH is 1. The molecular weight excluding hydrogens is 206 g/mol. The molecule has 0 saturated heterocycles. The van der Waals surface area contributed by atoms with Crippen molar-refractivity contribution in [3.8, 4) is 5.75 Å². The molecular formula is C12H17NO3. The van der Waals surface area contributed by atoms with Gasteiger partial charge in [-0.15, -0.1) is 0 Å². The van der Waals surface area contributed by atoms with Gasteiger partial charge in [0.25, 0.3) is 5.91 Å². The highest BCUT2D eigenvalue weighted by molar-refractivity contribution is 5.94. The van der Waals surface area contributed by atoms with Crippen LogP contribution in [-0.2, 0) is 0 Å². The molecule has 1 atom stereocenters. The van der Waals surface area contributed by atoms with Crippen LogP contribution in [0.2, 0.25) is 0 Å². The molecule has 16 heavy (non-hydrogen) atoms. The molecule has 0 aliphatic heterocycles. The van der Waals surface area contributed by atoms with Crippen molar-refractivity contribution in [2.75, 3.05) is 13.2 Å². The lowest BCUT2D eigenvalue weighted by Crippen LogP contribution is -2.34. The molecule has 2 N–H and O–H groups in total. The minimum Gasteiger partial charge on any atom is -0.494 e. The number of carbonyl (C=O) groups excluding carboxylic acids is 1. The molecule has 4 nitrogen and oxygen atoms in total. The Balaban J connectivity index is 2.71. The first kappa shape index (κ1) is 12.5. The van der Waals surface area contributed by atoms with Crippen molar-refractivity contribution in [2.45, 2.75) is 19.9 Å². The van der Waals surface area contributed by atoms with Crippen LogP contribution >= 0.6 is 0 Å². The number of carbonyl (C=O) groups is 1. The van der Waals surface area contributed by atoms with Gasteiger partial charge in [0.15, 0.2) is 0 Å². The van der Waals surface area contributed by atoms with Gasteiger partial charge in [-0.25, -0.2) is 0 Å². The van der Waals surface area contributed by atoms with E-state index in [1.165, 1.54) is 0 Å². The minimum absolute atomic E-state index is 0.0725. The first-order valence-electron chi connectivity index (χ1n) is 5.32. The van der Waals surface area contributed by atoms with Crippen LogP contribution in [0.15, 0.2) is 24.3 Å². The fraction of sp³-hybridized carbons (Fsp3) is 0.417. The van der Waals surface area contributed by atoms with E-state index in [4.69, 9.17) is 9.84 Å². The number of amides is 1. The zero-order chi connectivity index (χ0) is 12.0. The molecule has 88 valence electrons. The molecule has 0 heterocycles. The third-order valence-electron chi connectivity index (χ3n) is 2.06. The molecule has 0 bridgehead atoms. The lowest BCUT2D eigenvalue weighted by atomic mass is 10.2. The smallest absolute Gasteiger partial charge is 0.251 e. The van der Waals surface area contributed by atoms with Crippen LogP contribution in [0.3, 0.4) is 0 Å². The molecule has 1 aromatic carbocycles. The summed E-state index contributed by atoms with van der Waals surface area (Å²) in [5.74, 6) is 0.468.